The number of amides is 2. The summed E-state index contributed by atoms with van der Waals surface area (Å²) in [6, 6.07) is 18.3. The second-order valence-electron chi connectivity index (χ2n) is 9.60. The molecule has 0 aliphatic heterocycles. The Kier molecular flexibility index (Phi) is 10.8. The summed E-state index contributed by atoms with van der Waals surface area (Å²) in [7, 11) is -2.85. The van der Waals surface area contributed by atoms with Gasteiger partial charge in [-0.1, -0.05) is 67.4 Å². The molecule has 3 aromatic rings. The van der Waals surface area contributed by atoms with E-state index >= 15 is 0 Å². The molecule has 2 amide bonds. The summed E-state index contributed by atoms with van der Waals surface area (Å²) in [5, 5.41) is 3.64. The van der Waals surface area contributed by atoms with E-state index in [9.17, 15) is 18.0 Å². The highest BCUT2D eigenvalue weighted by atomic mass is 35.5. The molecule has 11 heteroatoms. The molecule has 8 nitrogen and oxygen atoms in total. The molecular weight excluding hydrogens is 573 g/mol. The van der Waals surface area contributed by atoms with Crippen LogP contribution < -0.4 is 14.4 Å². The van der Waals surface area contributed by atoms with Crippen molar-refractivity contribution in [1.82, 2.24) is 10.2 Å². The summed E-state index contributed by atoms with van der Waals surface area (Å²) in [5.74, 6) is -0.528. The van der Waals surface area contributed by atoms with Gasteiger partial charge in [-0.05, 0) is 60.9 Å². The molecule has 214 valence electrons. The van der Waals surface area contributed by atoms with Crippen LogP contribution in [0.5, 0.6) is 5.75 Å². The average Bonchev–Trinajstić information content (AvgIpc) is 2.94. The van der Waals surface area contributed by atoms with E-state index in [2.05, 4.69) is 5.32 Å². The summed E-state index contributed by atoms with van der Waals surface area (Å²) in [6.07, 6.45) is 0. The molecule has 0 aliphatic rings. The standard InChI is InChI=1S/C29H33Cl2N3O5S/c1-20(2)17-32-29(36)21(3)33(18-22-10-12-23(30)13-11-22)28(35)19-34(26-16-24(31)14-15-27(26)39-4)40(37,38)25-8-6-5-7-9-25/h5-16,20-21H,17-19H2,1-4H3,(H,32,36)/t21-/m0/s1. The van der Waals surface area contributed by atoms with E-state index < -0.39 is 28.5 Å². The molecule has 0 saturated heterocycles. The SMILES string of the molecule is COc1ccc(Cl)cc1N(CC(=O)N(Cc1ccc(Cl)cc1)[C@@H](C)C(=O)NCC(C)C)S(=O)(=O)c1ccccc1. The molecule has 0 fully saturated rings. The molecule has 0 saturated carbocycles. The van der Waals surface area contributed by atoms with Crippen molar-refractivity contribution in [3.8, 4) is 5.75 Å². The van der Waals surface area contributed by atoms with Gasteiger partial charge in [0.15, 0.2) is 0 Å². The molecule has 1 N–H and O–H groups in total. The summed E-state index contributed by atoms with van der Waals surface area (Å²) in [4.78, 5) is 28.4. The number of nitrogens with zero attached hydrogens (tertiary/aromatic N) is 2. The van der Waals surface area contributed by atoms with Gasteiger partial charge in [-0.2, -0.15) is 0 Å². The van der Waals surface area contributed by atoms with Crippen LogP contribution in [0.3, 0.4) is 0 Å². The molecule has 1 atom stereocenters. The van der Waals surface area contributed by atoms with E-state index in [1.54, 1.807) is 55.5 Å². The number of benzene rings is 3. The van der Waals surface area contributed by atoms with E-state index in [0.29, 0.717) is 11.6 Å². The Balaban J connectivity index is 2.06. The number of sulfonamides is 1. The zero-order valence-electron chi connectivity index (χ0n) is 22.8. The van der Waals surface area contributed by atoms with Crippen LogP contribution in [0.25, 0.3) is 0 Å². The van der Waals surface area contributed by atoms with Gasteiger partial charge in [0.1, 0.15) is 18.3 Å². The lowest BCUT2D eigenvalue weighted by Crippen LogP contribution is -2.51. The summed E-state index contributed by atoms with van der Waals surface area (Å²) < 4.78 is 34.2. The second kappa shape index (κ2) is 13.9. The molecule has 0 unspecified atom stereocenters. The van der Waals surface area contributed by atoms with Gasteiger partial charge in [0.05, 0.1) is 17.7 Å². The fourth-order valence-electron chi connectivity index (χ4n) is 3.91. The number of ether oxygens (including phenoxy) is 1. The number of rotatable bonds is 12. The lowest BCUT2D eigenvalue weighted by Gasteiger charge is -2.32. The molecule has 40 heavy (non-hydrogen) atoms. The summed E-state index contributed by atoms with van der Waals surface area (Å²) in [6.45, 7) is 5.42. The van der Waals surface area contributed by atoms with Crippen LogP contribution >= 0.6 is 23.2 Å². The van der Waals surface area contributed by atoms with Crippen LogP contribution in [0.15, 0.2) is 77.7 Å². The highest BCUT2D eigenvalue weighted by molar-refractivity contribution is 7.92. The van der Waals surface area contributed by atoms with Gasteiger partial charge in [0, 0.05) is 23.1 Å². The monoisotopic (exact) mass is 605 g/mol. The maximum atomic E-state index is 14.0. The summed E-state index contributed by atoms with van der Waals surface area (Å²) >= 11 is 12.3. The van der Waals surface area contributed by atoms with Crippen LogP contribution in [-0.2, 0) is 26.2 Å². The number of methoxy groups -OCH3 is 1. The number of carbonyl (C=O) groups is 2. The van der Waals surface area contributed by atoms with Crippen molar-refractivity contribution in [3.63, 3.8) is 0 Å². The average molecular weight is 607 g/mol. The molecule has 0 radical (unpaired) electrons. The van der Waals surface area contributed by atoms with Gasteiger partial charge in [0.25, 0.3) is 10.0 Å². The Morgan fingerprint density at radius 3 is 2.15 bits per heavy atom. The first-order valence-corrected chi connectivity index (χ1v) is 14.9. The predicted octanol–water partition coefficient (Wildman–Crippen LogP) is 5.39. The third kappa shape index (κ3) is 7.90. The quantitative estimate of drug-likeness (QED) is 0.299. The van der Waals surface area contributed by atoms with Crippen molar-refractivity contribution in [1.29, 1.82) is 0 Å². The highest BCUT2D eigenvalue weighted by Gasteiger charge is 2.34. The fraction of sp³-hybridized carbons (Fsp3) is 0.310. The predicted molar refractivity (Wildman–Crippen MR) is 158 cm³/mol. The first-order chi connectivity index (χ1) is 18.9. The van der Waals surface area contributed by atoms with Gasteiger partial charge < -0.3 is 15.0 Å². The Morgan fingerprint density at radius 1 is 0.925 bits per heavy atom. The Hall–Kier alpha value is -3.27. The van der Waals surface area contributed by atoms with Crippen molar-refractivity contribution in [2.75, 3.05) is 24.5 Å². The molecule has 0 aromatic heterocycles. The maximum absolute atomic E-state index is 14.0. The smallest absolute Gasteiger partial charge is 0.264 e. The lowest BCUT2D eigenvalue weighted by molar-refractivity contribution is -0.139. The van der Waals surface area contributed by atoms with Crippen LogP contribution in [0, 0.1) is 5.92 Å². The highest BCUT2D eigenvalue weighted by Crippen LogP contribution is 2.35. The number of carbonyl (C=O) groups excluding carboxylic acids is 2. The number of nitrogens with one attached hydrogen (secondary N) is 1. The fourth-order valence-corrected chi connectivity index (χ4v) is 5.64. The van der Waals surface area contributed by atoms with Crippen LogP contribution in [-0.4, -0.2) is 51.4 Å². The van der Waals surface area contributed by atoms with Crippen LogP contribution in [0.2, 0.25) is 10.0 Å². The molecule has 0 bridgehead atoms. The van der Waals surface area contributed by atoms with Gasteiger partial charge in [-0.15, -0.1) is 0 Å². The van der Waals surface area contributed by atoms with Crippen molar-refractivity contribution in [2.45, 2.75) is 38.3 Å². The van der Waals surface area contributed by atoms with Crippen molar-refractivity contribution < 1.29 is 22.7 Å². The van der Waals surface area contributed by atoms with Crippen molar-refractivity contribution in [2.24, 2.45) is 5.92 Å². The molecule has 0 spiro atoms. The van der Waals surface area contributed by atoms with Gasteiger partial charge in [0.2, 0.25) is 11.8 Å². The Labute approximate surface area is 245 Å². The minimum atomic E-state index is -4.25. The molecule has 3 rings (SSSR count). The lowest BCUT2D eigenvalue weighted by atomic mass is 10.1. The first kappa shape index (κ1) is 31.3. The third-order valence-corrected chi connectivity index (χ3v) is 8.40. The molecule has 0 heterocycles. The zero-order chi connectivity index (χ0) is 29.4. The van der Waals surface area contributed by atoms with E-state index in [1.165, 1.54) is 36.3 Å². The normalized spacial score (nSPS) is 12.1. The van der Waals surface area contributed by atoms with Crippen molar-refractivity contribution in [3.05, 3.63) is 88.4 Å². The van der Waals surface area contributed by atoms with Gasteiger partial charge in [-0.3, -0.25) is 13.9 Å². The number of hydrogen-bond donors (Lipinski definition) is 1. The largest absolute Gasteiger partial charge is 0.495 e. The summed E-state index contributed by atoms with van der Waals surface area (Å²) in [5.41, 5.74) is 0.814. The van der Waals surface area contributed by atoms with E-state index in [-0.39, 0.29) is 39.7 Å². The van der Waals surface area contributed by atoms with E-state index in [1.807, 2.05) is 13.8 Å². The van der Waals surface area contributed by atoms with Crippen LogP contribution in [0.1, 0.15) is 26.3 Å². The Morgan fingerprint density at radius 2 is 1.55 bits per heavy atom. The topological polar surface area (TPSA) is 96.0 Å². The number of anilines is 1. The molecular formula is C29H33Cl2N3O5S. The van der Waals surface area contributed by atoms with Crippen molar-refractivity contribution >= 4 is 50.7 Å². The van der Waals surface area contributed by atoms with E-state index in [0.717, 1.165) is 9.87 Å². The third-order valence-electron chi connectivity index (χ3n) is 6.14. The number of hydrogen-bond acceptors (Lipinski definition) is 5. The Bertz CT molecular complexity index is 1420. The second-order valence-corrected chi connectivity index (χ2v) is 12.3. The first-order valence-electron chi connectivity index (χ1n) is 12.7. The zero-order valence-corrected chi connectivity index (χ0v) is 25.1. The van der Waals surface area contributed by atoms with Gasteiger partial charge in [-0.25, -0.2) is 8.42 Å². The minimum absolute atomic E-state index is 0.0168. The number of halogens is 2. The van der Waals surface area contributed by atoms with Crippen LogP contribution in [0.4, 0.5) is 5.69 Å². The minimum Gasteiger partial charge on any atom is -0.495 e. The molecule has 0 aliphatic carbocycles. The molecule has 3 aromatic carbocycles. The maximum Gasteiger partial charge on any atom is 0.264 e. The van der Waals surface area contributed by atoms with E-state index in [4.69, 9.17) is 27.9 Å². The van der Waals surface area contributed by atoms with Gasteiger partial charge >= 0.3 is 0 Å².